The second-order valence-electron chi connectivity index (χ2n) is 2.65. The molecule has 0 aromatic carbocycles. The van der Waals surface area contributed by atoms with E-state index < -0.39 is 6.04 Å². The largest absolute Gasteiger partial charge is 0.394 e. The van der Waals surface area contributed by atoms with Crippen LogP contribution in [0.25, 0.3) is 5.65 Å². The number of nitrogens with two attached hydrogens (primary N) is 1. The van der Waals surface area contributed by atoms with E-state index in [-0.39, 0.29) is 6.61 Å². The second-order valence-corrected chi connectivity index (χ2v) is 2.65. The molecular weight excluding hydrogens is 170 g/mol. The summed E-state index contributed by atoms with van der Waals surface area (Å²) in [6.45, 7) is -0.150. The predicted molar refractivity (Wildman–Crippen MR) is 44.8 cm³/mol. The Balaban J connectivity index is 2.57. The van der Waals surface area contributed by atoms with Gasteiger partial charge < -0.3 is 10.8 Å². The van der Waals surface area contributed by atoms with Gasteiger partial charge in [0, 0.05) is 12.4 Å². The minimum absolute atomic E-state index is 0.150. The summed E-state index contributed by atoms with van der Waals surface area (Å²) in [5.41, 5.74) is 6.24. The molecule has 2 aromatic rings. The zero-order valence-corrected chi connectivity index (χ0v) is 6.83. The van der Waals surface area contributed by atoms with Gasteiger partial charge in [0.25, 0.3) is 0 Å². The van der Waals surface area contributed by atoms with Crippen LogP contribution in [0, 0.1) is 0 Å². The monoisotopic (exact) mass is 179 g/mol. The van der Waals surface area contributed by atoms with E-state index in [1.54, 1.807) is 23.0 Å². The van der Waals surface area contributed by atoms with E-state index in [1.165, 1.54) is 0 Å². The van der Waals surface area contributed by atoms with Crippen LogP contribution >= 0.6 is 0 Å². The fourth-order valence-corrected chi connectivity index (χ4v) is 1.11. The predicted octanol–water partition coefficient (Wildman–Crippen LogP) is -0.884. The van der Waals surface area contributed by atoms with Crippen molar-refractivity contribution in [2.45, 2.75) is 6.04 Å². The third-order valence-electron chi connectivity index (χ3n) is 1.77. The van der Waals surface area contributed by atoms with Gasteiger partial charge in [-0.05, 0) is 0 Å². The number of aliphatic hydroxyl groups excluding tert-OH is 1. The molecule has 3 N–H and O–H groups in total. The van der Waals surface area contributed by atoms with E-state index in [0.29, 0.717) is 11.5 Å². The molecule has 0 amide bonds. The zero-order chi connectivity index (χ0) is 9.26. The number of hydrogen-bond acceptors (Lipinski definition) is 5. The molecule has 6 nitrogen and oxygen atoms in total. The topological polar surface area (TPSA) is 89.3 Å². The Labute approximate surface area is 74.0 Å². The number of hydrogen-bond donors (Lipinski definition) is 2. The molecular formula is C7H9N5O. The van der Waals surface area contributed by atoms with Crippen molar-refractivity contribution >= 4 is 5.65 Å². The van der Waals surface area contributed by atoms with Crippen molar-refractivity contribution in [1.82, 2.24) is 19.6 Å². The summed E-state index contributed by atoms with van der Waals surface area (Å²) < 4.78 is 1.70. The summed E-state index contributed by atoms with van der Waals surface area (Å²) in [6.07, 6.45) is 4.91. The highest BCUT2D eigenvalue weighted by atomic mass is 16.3. The Bertz CT molecular complexity index is 412. The normalized spacial score (nSPS) is 13.4. The Morgan fingerprint density at radius 3 is 3.15 bits per heavy atom. The van der Waals surface area contributed by atoms with Gasteiger partial charge in [-0.2, -0.15) is 0 Å². The van der Waals surface area contributed by atoms with Gasteiger partial charge >= 0.3 is 0 Å². The highest BCUT2D eigenvalue weighted by molar-refractivity contribution is 5.34. The molecule has 0 spiro atoms. The van der Waals surface area contributed by atoms with Gasteiger partial charge in [0.15, 0.2) is 11.5 Å². The molecule has 0 saturated heterocycles. The number of nitrogens with zero attached hydrogens (tertiary/aromatic N) is 4. The SMILES string of the molecule is NC(CO)c1nnc2cnccn12. The van der Waals surface area contributed by atoms with Crippen molar-refractivity contribution in [3.05, 3.63) is 24.4 Å². The maximum atomic E-state index is 8.84. The maximum absolute atomic E-state index is 8.84. The third kappa shape index (κ3) is 1.25. The molecule has 68 valence electrons. The molecule has 6 heteroatoms. The Morgan fingerprint density at radius 2 is 2.38 bits per heavy atom. The summed E-state index contributed by atoms with van der Waals surface area (Å²) in [5, 5.41) is 16.5. The van der Waals surface area contributed by atoms with Crippen LogP contribution in [0.3, 0.4) is 0 Å². The van der Waals surface area contributed by atoms with Crippen molar-refractivity contribution in [2.75, 3.05) is 6.61 Å². The van der Waals surface area contributed by atoms with Crippen LogP contribution in [0.15, 0.2) is 18.6 Å². The third-order valence-corrected chi connectivity index (χ3v) is 1.77. The standard InChI is InChI=1S/C7H9N5O/c8-5(4-13)7-11-10-6-3-9-1-2-12(6)7/h1-3,5,13H,4,8H2. The molecule has 2 rings (SSSR count). The van der Waals surface area contributed by atoms with E-state index >= 15 is 0 Å². The van der Waals surface area contributed by atoms with Crippen molar-refractivity contribution in [3.63, 3.8) is 0 Å². The minimum atomic E-state index is -0.502. The molecule has 2 aromatic heterocycles. The first-order chi connectivity index (χ1) is 6.33. The van der Waals surface area contributed by atoms with E-state index in [0.717, 1.165) is 0 Å². The van der Waals surface area contributed by atoms with Gasteiger partial charge in [-0.3, -0.25) is 9.38 Å². The molecule has 0 radical (unpaired) electrons. The quantitative estimate of drug-likeness (QED) is 0.624. The lowest BCUT2D eigenvalue weighted by atomic mass is 10.3. The number of fused-ring (bicyclic) bond motifs is 1. The molecule has 0 aliphatic rings. The average Bonchev–Trinajstić information content (AvgIpc) is 2.60. The molecule has 1 atom stereocenters. The van der Waals surface area contributed by atoms with Crippen LogP contribution in [0.4, 0.5) is 0 Å². The first kappa shape index (κ1) is 8.09. The average molecular weight is 179 g/mol. The van der Waals surface area contributed by atoms with E-state index in [1.807, 2.05) is 0 Å². The fraction of sp³-hybridized carbons (Fsp3) is 0.286. The maximum Gasteiger partial charge on any atom is 0.179 e. The highest BCUT2D eigenvalue weighted by Crippen LogP contribution is 2.07. The van der Waals surface area contributed by atoms with Gasteiger partial charge in [-0.1, -0.05) is 0 Å². The molecule has 13 heavy (non-hydrogen) atoms. The smallest absolute Gasteiger partial charge is 0.179 e. The van der Waals surface area contributed by atoms with Gasteiger partial charge in [0.2, 0.25) is 0 Å². The highest BCUT2D eigenvalue weighted by Gasteiger charge is 2.11. The molecule has 1 unspecified atom stereocenters. The minimum Gasteiger partial charge on any atom is -0.394 e. The number of aliphatic hydroxyl groups is 1. The summed E-state index contributed by atoms with van der Waals surface area (Å²) in [4.78, 5) is 3.88. The van der Waals surface area contributed by atoms with Crippen LogP contribution < -0.4 is 5.73 Å². The molecule has 0 saturated carbocycles. The second kappa shape index (κ2) is 3.08. The number of rotatable bonds is 2. The van der Waals surface area contributed by atoms with Crippen molar-refractivity contribution in [1.29, 1.82) is 0 Å². The summed E-state index contributed by atoms with van der Waals surface area (Å²) in [7, 11) is 0. The van der Waals surface area contributed by atoms with Gasteiger partial charge in [0.1, 0.15) is 0 Å². The Kier molecular flexibility index (Phi) is 1.91. The van der Waals surface area contributed by atoms with Gasteiger partial charge in [-0.25, -0.2) is 0 Å². The first-order valence-electron chi connectivity index (χ1n) is 3.84. The Morgan fingerprint density at radius 1 is 1.54 bits per heavy atom. The van der Waals surface area contributed by atoms with Crippen molar-refractivity contribution in [2.24, 2.45) is 5.73 Å². The summed E-state index contributed by atoms with van der Waals surface area (Å²) >= 11 is 0. The van der Waals surface area contributed by atoms with Gasteiger partial charge in [0.05, 0.1) is 18.8 Å². The lowest BCUT2D eigenvalue weighted by molar-refractivity contribution is 0.263. The number of aromatic nitrogens is 4. The van der Waals surface area contributed by atoms with Crippen molar-refractivity contribution in [3.8, 4) is 0 Å². The van der Waals surface area contributed by atoms with Crippen LogP contribution in [0.5, 0.6) is 0 Å². The van der Waals surface area contributed by atoms with Crippen LogP contribution in [-0.4, -0.2) is 31.3 Å². The van der Waals surface area contributed by atoms with E-state index in [2.05, 4.69) is 15.2 Å². The van der Waals surface area contributed by atoms with Crippen LogP contribution in [-0.2, 0) is 0 Å². The van der Waals surface area contributed by atoms with Crippen LogP contribution in [0.1, 0.15) is 11.9 Å². The molecule has 0 fully saturated rings. The van der Waals surface area contributed by atoms with Gasteiger partial charge in [-0.15, -0.1) is 10.2 Å². The van der Waals surface area contributed by atoms with E-state index in [4.69, 9.17) is 10.8 Å². The lowest BCUT2D eigenvalue weighted by Crippen LogP contribution is -2.17. The lowest BCUT2D eigenvalue weighted by Gasteiger charge is -2.04. The van der Waals surface area contributed by atoms with Crippen LogP contribution in [0.2, 0.25) is 0 Å². The molecule has 0 aliphatic carbocycles. The Hall–Kier alpha value is -1.53. The van der Waals surface area contributed by atoms with Crippen molar-refractivity contribution < 1.29 is 5.11 Å². The molecule has 2 heterocycles. The zero-order valence-electron chi connectivity index (χ0n) is 6.83. The fourth-order valence-electron chi connectivity index (χ4n) is 1.11. The first-order valence-corrected chi connectivity index (χ1v) is 3.84. The molecule has 0 bridgehead atoms. The van der Waals surface area contributed by atoms with E-state index in [9.17, 15) is 0 Å². The summed E-state index contributed by atoms with van der Waals surface area (Å²) in [6, 6.07) is -0.502. The summed E-state index contributed by atoms with van der Waals surface area (Å²) in [5.74, 6) is 0.542. The molecule has 0 aliphatic heterocycles.